The molecule has 0 aromatic heterocycles. The van der Waals surface area contributed by atoms with Gasteiger partial charge in [-0.25, -0.2) is 0 Å². The second kappa shape index (κ2) is 7.75. The van der Waals surface area contributed by atoms with Crippen LogP contribution < -0.4 is 0 Å². The fourth-order valence-corrected chi connectivity index (χ4v) is 0.635. The molecule has 2 rings (SSSR count). The molecule has 1 heteroatoms. The zero-order valence-electron chi connectivity index (χ0n) is 7.00. The van der Waals surface area contributed by atoms with E-state index in [4.69, 9.17) is 0 Å². The molecule has 1 aliphatic carbocycles. The highest BCUT2D eigenvalue weighted by Crippen LogP contribution is 2.15. The lowest BCUT2D eigenvalue weighted by Crippen LogP contribution is -1.85. The topological polar surface area (TPSA) is 0 Å². The molecule has 0 spiro atoms. The molecule has 1 atom stereocenters. The summed E-state index contributed by atoms with van der Waals surface area (Å²) >= 11 is 0. The summed E-state index contributed by atoms with van der Waals surface area (Å²) in [5.74, 6) is 0. The molecule has 0 bridgehead atoms. The van der Waals surface area contributed by atoms with Gasteiger partial charge in [-0.3, -0.25) is 0 Å². The Hall–Kier alpha value is -0.350. The Labute approximate surface area is 72.6 Å². The first-order valence-corrected chi connectivity index (χ1v) is 4.00. The molecule has 1 aromatic rings. The van der Waals surface area contributed by atoms with Gasteiger partial charge in [0.25, 0.3) is 0 Å². The summed E-state index contributed by atoms with van der Waals surface area (Å²) in [7, 11) is 0. The van der Waals surface area contributed by atoms with Crippen molar-refractivity contribution in [3.05, 3.63) is 36.4 Å². The van der Waals surface area contributed by atoms with Crippen LogP contribution in [0.3, 0.4) is 0 Å². The van der Waals surface area contributed by atoms with Gasteiger partial charge in [0.05, 0.1) is 0 Å². The Balaban J connectivity index is 0.000000177. The Morgan fingerprint density at radius 1 is 0.455 bits per heavy atom. The highest BCUT2D eigenvalue weighted by atomic mass is 31.0. The number of hydrogen-bond acceptors (Lipinski definition) is 0. The van der Waals surface area contributed by atoms with Gasteiger partial charge in [-0.05, 0) is 0 Å². The first-order chi connectivity index (χ1) is 5.00. The highest BCUT2D eigenvalue weighted by Gasteiger charge is 1.95. The Bertz CT molecular complexity index is 114. The van der Waals surface area contributed by atoms with Crippen LogP contribution in [0.25, 0.3) is 0 Å². The van der Waals surface area contributed by atoms with Gasteiger partial charge in [0.1, 0.15) is 0 Å². The van der Waals surface area contributed by atoms with Gasteiger partial charge in [0.15, 0.2) is 0 Å². The fraction of sp³-hybridized carbons (Fsp3) is 0.400. The average molecular weight is 168 g/mol. The predicted molar refractivity (Wildman–Crippen MR) is 56.0 cm³/mol. The number of hydrogen-bond donors (Lipinski definition) is 0. The zero-order valence-corrected chi connectivity index (χ0v) is 8.41. The molecule has 62 valence electrons. The first kappa shape index (κ1) is 10.7. The Kier molecular flexibility index (Phi) is 7.51. The van der Waals surface area contributed by atoms with E-state index in [0.717, 1.165) is 0 Å². The van der Waals surface area contributed by atoms with Gasteiger partial charge in [-0.15, -0.1) is 0 Å². The van der Waals surface area contributed by atoms with Crippen LogP contribution in [0.4, 0.5) is 0 Å². The normalized spacial score (nSPS) is 13.1. The molecule has 0 amide bonds. The van der Waals surface area contributed by atoms with Crippen LogP contribution in [0, 0.1) is 0 Å². The quantitative estimate of drug-likeness (QED) is 0.521. The van der Waals surface area contributed by atoms with E-state index in [9.17, 15) is 0 Å². The summed E-state index contributed by atoms with van der Waals surface area (Å²) in [6.45, 7) is 0. The van der Waals surface area contributed by atoms with Crippen LogP contribution in [-0.4, -0.2) is 0 Å². The third-order valence-electron chi connectivity index (χ3n) is 1.67. The molecule has 0 radical (unpaired) electrons. The fourth-order valence-electron chi connectivity index (χ4n) is 0.635. The summed E-state index contributed by atoms with van der Waals surface area (Å²) < 4.78 is 0. The van der Waals surface area contributed by atoms with Crippen molar-refractivity contribution in [3.8, 4) is 0 Å². The molecule has 0 saturated heterocycles. The molecule has 11 heavy (non-hydrogen) atoms. The van der Waals surface area contributed by atoms with Crippen LogP contribution in [0.5, 0.6) is 0 Å². The largest absolute Gasteiger partial charge is 0.153 e. The van der Waals surface area contributed by atoms with Crippen LogP contribution in [0.1, 0.15) is 25.7 Å². The van der Waals surface area contributed by atoms with Crippen LogP contribution in [0.15, 0.2) is 36.4 Å². The van der Waals surface area contributed by atoms with E-state index in [1.165, 1.54) is 25.7 Å². The third kappa shape index (κ3) is 6.06. The van der Waals surface area contributed by atoms with E-state index >= 15 is 0 Å². The zero-order chi connectivity index (χ0) is 7.07. The molecule has 0 aliphatic heterocycles. The molecule has 0 N–H and O–H groups in total. The van der Waals surface area contributed by atoms with Crippen molar-refractivity contribution >= 4 is 9.90 Å². The molecule has 1 fully saturated rings. The minimum atomic E-state index is 0. The molecule has 0 heterocycles. The second-order valence-electron chi connectivity index (χ2n) is 2.57. The van der Waals surface area contributed by atoms with Gasteiger partial charge in [-0.2, -0.15) is 9.90 Å². The standard InChI is InChI=1S/C6H6.C4H8.H3P/c1-2-4-6-5-3-1;1-2-4-3-1;/h1-6H;1-4H2;1H3. The van der Waals surface area contributed by atoms with E-state index < -0.39 is 0 Å². The molecular formula is C10H17P. The van der Waals surface area contributed by atoms with Crippen molar-refractivity contribution in [2.45, 2.75) is 25.7 Å². The van der Waals surface area contributed by atoms with Crippen molar-refractivity contribution in [2.24, 2.45) is 0 Å². The lowest BCUT2D eigenvalue weighted by atomic mass is 10.0. The van der Waals surface area contributed by atoms with Crippen molar-refractivity contribution in [1.29, 1.82) is 0 Å². The monoisotopic (exact) mass is 168 g/mol. The van der Waals surface area contributed by atoms with Gasteiger partial charge in [0, 0.05) is 0 Å². The lowest BCUT2D eigenvalue weighted by molar-refractivity contribution is 0.504. The van der Waals surface area contributed by atoms with E-state index in [0.29, 0.717) is 0 Å². The van der Waals surface area contributed by atoms with Crippen molar-refractivity contribution in [2.75, 3.05) is 0 Å². The second-order valence-corrected chi connectivity index (χ2v) is 2.57. The van der Waals surface area contributed by atoms with E-state index in [-0.39, 0.29) is 9.90 Å². The highest BCUT2D eigenvalue weighted by molar-refractivity contribution is 6.92. The van der Waals surface area contributed by atoms with Gasteiger partial charge < -0.3 is 0 Å². The average Bonchev–Trinajstić information content (AvgIpc) is 1.88. The smallest absolute Gasteiger partial charge is 0.0533 e. The SMILES string of the molecule is C1CCC1.P.c1ccccc1. The Morgan fingerprint density at radius 2 is 0.636 bits per heavy atom. The molecular weight excluding hydrogens is 151 g/mol. The number of benzene rings is 1. The summed E-state index contributed by atoms with van der Waals surface area (Å²) in [5.41, 5.74) is 0. The molecule has 1 saturated carbocycles. The summed E-state index contributed by atoms with van der Waals surface area (Å²) in [4.78, 5) is 0. The van der Waals surface area contributed by atoms with Gasteiger partial charge in [-0.1, -0.05) is 62.1 Å². The van der Waals surface area contributed by atoms with Crippen LogP contribution in [-0.2, 0) is 0 Å². The summed E-state index contributed by atoms with van der Waals surface area (Å²) in [6, 6.07) is 12.0. The van der Waals surface area contributed by atoms with Gasteiger partial charge in [0.2, 0.25) is 0 Å². The van der Waals surface area contributed by atoms with Gasteiger partial charge >= 0.3 is 0 Å². The Morgan fingerprint density at radius 3 is 0.727 bits per heavy atom. The van der Waals surface area contributed by atoms with E-state index in [2.05, 4.69) is 0 Å². The van der Waals surface area contributed by atoms with Crippen molar-refractivity contribution in [1.82, 2.24) is 0 Å². The molecule has 1 unspecified atom stereocenters. The summed E-state index contributed by atoms with van der Waals surface area (Å²) in [5, 5.41) is 0. The van der Waals surface area contributed by atoms with E-state index in [1.54, 1.807) is 0 Å². The molecule has 1 aliphatic rings. The van der Waals surface area contributed by atoms with Crippen molar-refractivity contribution < 1.29 is 0 Å². The lowest BCUT2D eigenvalue weighted by Gasteiger charge is -2.05. The third-order valence-corrected chi connectivity index (χ3v) is 1.67. The minimum Gasteiger partial charge on any atom is -0.153 e. The molecule has 0 nitrogen and oxygen atoms in total. The maximum atomic E-state index is 2.00. The maximum Gasteiger partial charge on any atom is -0.0533 e. The van der Waals surface area contributed by atoms with E-state index in [1.807, 2.05) is 36.4 Å². The minimum absolute atomic E-state index is 0. The maximum absolute atomic E-state index is 2.00. The van der Waals surface area contributed by atoms with Crippen LogP contribution >= 0.6 is 9.90 Å². The number of rotatable bonds is 0. The first-order valence-electron chi connectivity index (χ1n) is 4.00. The summed E-state index contributed by atoms with van der Waals surface area (Å²) in [6.07, 6.45) is 6.00. The predicted octanol–water partition coefficient (Wildman–Crippen LogP) is 3.31. The molecule has 1 aromatic carbocycles. The van der Waals surface area contributed by atoms with Crippen LogP contribution in [0.2, 0.25) is 0 Å². The van der Waals surface area contributed by atoms with Crippen molar-refractivity contribution in [3.63, 3.8) is 0 Å².